The zero-order valence-corrected chi connectivity index (χ0v) is 17.2. The minimum absolute atomic E-state index is 0.151. The van der Waals surface area contributed by atoms with Crippen LogP contribution >= 0.6 is 0 Å². The van der Waals surface area contributed by atoms with Crippen LogP contribution in [0.15, 0.2) is 48.6 Å². The maximum absolute atomic E-state index is 14.7. The standard InChI is InChI=1S/C24H21F6NO/c1-2-3-4-14-9-21(27)23(22(28)10-14)15-5-7-16(8-6-15)24(29,30)32-17-11-19(25)18(13-31)20(26)12-17/h3-8,11-12,14,21-23H,2,9-10H2,1H3. The topological polar surface area (TPSA) is 33.0 Å². The van der Waals surface area contributed by atoms with Gasteiger partial charge in [-0.05, 0) is 42.9 Å². The van der Waals surface area contributed by atoms with E-state index in [4.69, 9.17) is 5.26 Å². The molecule has 0 saturated heterocycles. The molecule has 2 aromatic rings. The Morgan fingerprint density at radius 3 is 2.12 bits per heavy atom. The monoisotopic (exact) mass is 453 g/mol. The summed E-state index contributed by atoms with van der Waals surface area (Å²) in [6.45, 7) is 1.93. The number of halogens is 6. The van der Waals surface area contributed by atoms with Crippen LogP contribution in [0.1, 0.15) is 48.8 Å². The number of alkyl halides is 4. The molecule has 3 rings (SSSR count). The van der Waals surface area contributed by atoms with E-state index in [2.05, 4.69) is 4.74 Å². The summed E-state index contributed by atoms with van der Waals surface area (Å²) in [5, 5.41) is 8.65. The molecule has 0 aliphatic heterocycles. The van der Waals surface area contributed by atoms with E-state index in [1.54, 1.807) is 0 Å². The van der Waals surface area contributed by atoms with Gasteiger partial charge in [0.05, 0.1) is 5.56 Å². The van der Waals surface area contributed by atoms with Crippen molar-refractivity contribution in [2.75, 3.05) is 0 Å². The molecule has 1 aliphatic carbocycles. The Kier molecular flexibility index (Phi) is 7.17. The van der Waals surface area contributed by atoms with Crippen LogP contribution in [0.25, 0.3) is 0 Å². The van der Waals surface area contributed by atoms with Crippen LogP contribution in [0.3, 0.4) is 0 Å². The van der Waals surface area contributed by atoms with Crippen molar-refractivity contribution in [1.29, 1.82) is 5.26 Å². The van der Waals surface area contributed by atoms with Crippen molar-refractivity contribution in [2.45, 2.75) is 50.6 Å². The number of nitrogens with zero attached hydrogens (tertiary/aromatic N) is 1. The van der Waals surface area contributed by atoms with Gasteiger partial charge < -0.3 is 4.74 Å². The van der Waals surface area contributed by atoms with Crippen LogP contribution in [-0.2, 0) is 6.11 Å². The second-order valence-corrected chi connectivity index (χ2v) is 7.74. The first-order valence-corrected chi connectivity index (χ1v) is 10.2. The van der Waals surface area contributed by atoms with Crippen molar-refractivity contribution < 1.29 is 31.1 Å². The number of ether oxygens (including phenoxy) is 1. The highest BCUT2D eigenvalue weighted by atomic mass is 19.3. The summed E-state index contributed by atoms with van der Waals surface area (Å²) in [5.41, 5.74) is -1.32. The molecule has 2 aromatic carbocycles. The first-order chi connectivity index (χ1) is 15.2. The van der Waals surface area contributed by atoms with Gasteiger partial charge >= 0.3 is 6.11 Å². The summed E-state index contributed by atoms with van der Waals surface area (Å²) in [4.78, 5) is 0. The Morgan fingerprint density at radius 2 is 1.62 bits per heavy atom. The van der Waals surface area contributed by atoms with E-state index in [1.165, 1.54) is 18.2 Å². The average Bonchev–Trinajstić information content (AvgIpc) is 2.71. The fourth-order valence-electron chi connectivity index (χ4n) is 3.92. The first-order valence-electron chi connectivity index (χ1n) is 10.2. The molecule has 32 heavy (non-hydrogen) atoms. The third-order valence-electron chi connectivity index (χ3n) is 5.48. The van der Waals surface area contributed by atoms with Gasteiger partial charge in [0.25, 0.3) is 0 Å². The van der Waals surface area contributed by atoms with E-state index >= 15 is 0 Å². The van der Waals surface area contributed by atoms with Crippen molar-refractivity contribution in [3.8, 4) is 11.8 Å². The number of hydrogen-bond donors (Lipinski definition) is 0. The summed E-state index contributed by atoms with van der Waals surface area (Å²) in [6, 6.07) is 6.60. The van der Waals surface area contributed by atoms with E-state index in [0.29, 0.717) is 12.1 Å². The van der Waals surface area contributed by atoms with Crippen LogP contribution in [-0.4, -0.2) is 12.3 Å². The Hall–Kier alpha value is -2.95. The minimum atomic E-state index is -3.97. The lowest BCUT2D eigenvalue weighted by molar-refractivity contribution is -0.185. The lowest BCUT2D eigenvalue weighted by Gasteiger charge is -2.34. The quantitative estimate of drug-likeness (QED) is 0.345. The zero-order valence-electron chi connectivity index (χ0n) is 17.2. The van der Waals surface area contributed by atoms with Gasteiger partial charge in [-0.3, -0.25) is 0 Å². The van der Waals surface area contributed by atoms with Gasteiger partial charge in [0, 0.05) is 18.1 Å². The van der Waals surface area contributed by atoms with Crippen LogP contribution in [0.5, 0.6) is 5.75 Å². The smallest absolute Gasteiger partial charge is 0.426 e. The molecular weight excluding hydrogens is 432 g/mol. The van der Waals surface area contributed by atoms with Crippen LogP contribution in [0, 0.1) is 28.9 Å². The van der Waals surface area contributed by atoms with Crippen LogP contribution in [0.4, 0.5) is 26.3 Å². The highest BCUT2D eigenvalue weighted by Crippen LogP contribution is 2.41. The molecule has 8 heteroatoms. The van der Waals surface area contributed by atoms with E-state index < -0.39 is 52.9 Å². The largest absolute Gasteiger partial charge is 0.429 e. The van der Waals surface area contributed by atoms with Crippen molar-refractivity contribution in [3.63, 3.8) is 0 Å². The Bertz CT molecular complexity index is 979. The van der Waals surface area contributed by atoms with Crippen molar-refractivity contribution in [2.24, 2.45) is 5.92 Å². The summed E-state index contributed by atoms with van der Waals surface area (Å²) in [5.74, 6) is -4.74. The second kappa shape index (κ2) is 9.68. The molecule has 2 unspecified atom stereocenters. The van der Waals surface area contributed by atoms with E-state index in [9.17, 15) is 26.3 Å². The van der Waals surface area contributed by atoms with E-state index in [0.717, 1.165) is 18.6 Å². The fourth-order valence-corrected chi connectivity index (χ4v) is 3.92. The fraction of sp³-hybridized carbons (Fsp3) is 0.375. The lowest BCUT2D eigenvalue weighted by Crippen LogP contribution is -2.33. The van der Waals surface area contributed by atoms with Crippen molar-refractivity contribution >= 4 is 0 Å². The van der Waals surface area contributed by atoms with Crippen molar-refractivity contribution in [3.05, 3.63) is 76.9 Å². The number of rotatable bonds is 6. The van der Waals surface area contributed by atoms with Crippen molar-refractivity contribution in [1.82, 2.24) is 0 Å². The van der Waals surface area contributed by atoms with Gasteiger partial charge in [-0.2, -0.15) is 14.0 Å². The molecule has 1 fully saturated rings. The molecule has 170 valence electrons. The average molecular weight is 453 g/mol. The van der Waals surface area contributed by atoms with Gasteiger partial charge in [0.1, 0.15) is 41.4 Å². The molecule has 0 aromatic heterocycles. The summed E-state index contributed by atoms with van der Waals surface area (Å²) < 4.78 is 90.1. The SMILES string of the molecule is CCC=CC1CC(F)C(c2ccc(C(F)(F)Oc3cc(F)c(C#N)c(F)c3)cc2)C(F)C1. The number of hydrogen-bond acceptors (Lipinski definition) is 2. The van der Waals surface area contributed by atoms with Gasteiger partial charge in [0.15, 0.2) is 0 Å². The molecule has 1 aliphatic rings. The predicted octanol–water partition coefficient (Wildman–Crippen LogP) is 7.10. The van der Waals surface area contributed by atoms with Crippen LogP contribution < -0.4 is 4.74 Å². The third kappa shape index (κ3) is 5.09. The van der Waals surface area contributed by atoms with E-state index in [1.807, 2.05) is 19.1 Å². The third-order valence-corrected chi connectivity index (χ3v) is 5.48. The summed E-state index contributed by atoms with van der Waals surface area (Å²) >= 11 is 0. The molecule has 0 spiro atoms. The number of nitriles is 1. The van der Waals surface area contributed by atoms with Gasteiger partial charge in [-0.1, -0.05) is 31.2 Å². The molecule has 0 bridgehead atoms. The normalized spacial score (nSPS) is 23.8. The number of benzene rings is 2. The van der Waals surface area contributed by atoms with Crippen LogP contribution in [0.2, 0.25) is 0 Å². The minimum Gasteiger partial charge on any atom is -0.429 e. The maximum atomic E-state index is 14.7. The Labute approximate surface area is 182 Å². The molecular formula is C24H21F6NO. The Morgan fingerprint density at radius 1 is 1.06 bits per heavy atom. The molecule has 2 atom stereocenters. The second-order valence-electron chi connectivity index (χ2n) is 7.74. The maximum Gasteiger partial charge on any atom is 0.426 e. The van der Waals surface area contributed by atoms with E-state index in [-0.39, 0.29) is 24.3 Å². The molecule has 0 heterocycles. The molecule has 0 radical (unpaired) electrons. The highest BCUT2D eigenvalue weighted by molar-refractivity contribution is 5.38. The summed E-state index contributed by atoms with van der Waals surface area (Å²) in [7, 11) is 0. The van der Waals surface area contributed by atoms with Gasteiger partial charge in [-0.15, -0.1) is 0 Å². The molecule has 1 saturated carbocycles. The highest BCUT2D eigenvalue weighted by Gasteiger charge is 2.40. The predicted molar refractivity (Wildman–Crippen MR) is 107 cm³/mol. The number of allylic oxidation sites excluding steroid dienone is 2. The Balaban J connectivity index is 1.76. The molecule has 2 nitrogen and oxygen atoms in total. The van der Waals surface area contributed by atoms with Gasteiger partial charge in [0.2, 0.25) is 0 Å². The molecule has 0 amide bonds. The molecule has 0 N–H and O–H groups in total. The first kappa shape index (κ1) is 23.7. The lowest BCUT2D eigenvalue weighted by atomic mass is 9.76. The van der Waals surface area contributed by atoms with Gasteiger partial charge in [-0.25, -0.2) is 17.6 Å². The zero-order chi connectivity index (χ0) is 23.5. The summed E-state index contributed by atoms with van der Waals surface area (Å²) in [6.07, 6.45) is -2.14.